The van der Waals surface area contributed by atoms with E-state index in [1.807, 2.05) is 24.3 Å². The van der Waals surface area contributed by atoms with Crippen molar-refractivity contribution in [2.75, 3.05) is 7.05 Å². The van der Waals surface area contributed by atoms with Crippen LogP contribution in [0.4, 0.5) is 0 Å². The van der Waals surface area contributed by atoms with Gasteiger partial charge >= 0.3 is 0 Å². The first-order valence-corrected chi connectivity index (χ1v) is 7.14. The van der Waals surface area contributed by atoms with Crippen molar-refractivity contribution in [2.24, 2.45) is 5.73 Å². The van der Waals surface area contributed by atoms with Crippen LogP contribution in [0.3, 0.4) is 0 Å². The van der Waals surface area contributed by atoms with Crippen LogP contribution in [0.15, 0.2) is 24.3 Å². The van der Waals surface area contributed by atoms with Crippen LogP contribution >= 0.6 is 0 Å². The molecule has 0 fully saturated rings. The first-order chi connectivity index (χ1) is 10.2. The third kappa shape index (κ3) is 2.67. The summed E-state index contributed by atoms with van der Waals surface area (Å²) in [7, 11) is 1.79. The molecule has 1 aromatic carbocycles. The summed E-state index contributed by atoms with van der Waals surface area (Å²) in [5.74, 6) is 1.86. The number of nitrogens with zero attached hydrogens (tertiary/aromatic N) is 4. The van der Waals surface area contributed by atoms with E-state index in [0.717, 1.165) is 36.6 Å². The molecule has 0 saturated heterocycles. The lowest BCUT2D eigenvalue weighted by Gasteiger charge is -2.17. The Bertz CT molecular complexity index is 647. The Labute approximate surface area is 123 Å². The molecule has 0 atom stereocenters. The quantitative estimate of drug-likeness (QED) is 0.907. The summed E-state index contributed by atoms with van der Waals surface area (Å²) < 4.78 is 2.11. The molecule has 0 spiro atoms. The van der Waals surface area contributed by atoms with Crippen LogP contribution < -0.4 is 5.73 Å². The van der Waals surface area contributed by atoms with Crippen molar-refractivity contribution in [1.82, 2.24) is 19.7 Å². The van der Waals surface area contributed by atoms with Gasteiger partial charge < -0.3 is 15.2 Å². The Balaban J connectivity index is 1.71. The zero-order valence-corrected chi connectivity index (χ0v) is 12.1. The molecule has 2 aromatic rings. The monoisotopic (exact) mass is 285 g/mol. The standard InChI is InChI=1S/C15H19N5O/c1-19(10-14-18-17-13-3-2-8-20(13)14)15(21)12-6-4-11(9-16)5-7-12/h4-7H,2-3,8-10,16H2,1H3. The number of aromatic nitrogens is 3. The molecule has 0 unspecified atom stereocenters. The number of hydrogen-bond acceptors (Lipinski definition) is 4. The van der Waals surface area contributed by atoms with E-state index < -0.39 is 0 Å². The Morgan fingerprint density at radius 3 is 2.81 bits per heavy atom. The maximum Gasteiger partial charge on any atom is 0.254 e. The van der Waals surface area contributed by atoms with Gasteiger partial charge in [-0.3, -0.25) is 4.79 Å². The molecule has 110 valence electrons. The maximum absolute atomic E-state index is 12.4. The van der Waals surface area contributed by atoms with E-state index in [-0.39, 0.29) is 5.91 Å². The normalized spacial score (nSPS) is 13.2. The zero-order chi connectivity index (χ0) is 14.8. The molecule has 2 heterocycles. The van der Waals surface area contributed by atoms with Gasteiger partial charge in [-0.05, 0) is 24.1 Å². The SMILES string of the molecule is CN(Cc1nnc2n1CCC2)C(=O)c1ccc(CN)cc1. The minimum Gasteiger partial charge on any atom is -0.334 e. The number of benzene rings is 1. The molecule has 3 rings (SSSR count). The molecule has 2 N–H and O–H groups in total. The fourth-order valence-electron chi connectivity index (χ4n) is 2.62. The fourth-order valence-corrected chi connectivity index (χ4v) is 2.62. The van der Waals surface area contributed by atoms with Crippen LogP contribution in [-0.2, 0) is 26.1 Å². The van der Waals surface area contributed by atoms with Crippen LogP contribution in [-0.4, -0.2) is 32.6 Å². The highest BCUT2D eigenvalue weighted by atomic mass is 16.2. The molecule has 6 heteroatoms. The predicted molar refractivity (Wildman–Crippen MR) is 78.5 cm³/mol. The average Bonchev–Trinajstić information content (AvgIpc) is 3.11. The number of aryl methyl sites for hydroxylation is 1. The van der Waals surface area contributed by atoms with Gasteiger partial charge in [-0.1, -0.05) is 12.1 Å². The molecule has 0 radical (unpaired) electrons. The third-order valence-electron chi connectivity index (χ3n) is 3.85. The highest BCUT2D eigenvalue weighted by Crippen LogP contribution is 2.16. The first-order valence-electron chi connectivity index (χ1n) is 7.14. The summed E-state index contributed by atoms with van der Waals surface area (Å²) in [6.45, 7) is 1.91. The molecular formula is C15H19N5O. The van der Waals surface area contributed by atoms with E-state index in [0.29, 0.717) is 18.7 Å². The van der Waals surface area contributed by atoms with Crippen LogP contribution in [0.1, 0.15) is 34.0 Å². The van der Waals surface area contributed by atoms with Crippen molar-refractivity contribution in [1.29, 1.82) is 0 Å². The van der Waals surface area contributed by atoms with Crippen molar-refractivity contribution < 1.29 is 4.79 Å². The van der Waals surface area contributed by atoms with Crippen molar-refractivity contribution in [3.8, 4) is 0 Å². The summed E-state index contributed by atoms with van der Waals surface area (Å²) in [5, 5.41) is 8.35. The van der Waals surface area contributed by atoms with E-state index in [1.54, 1.807) is 11.9 Å². The topological polar surface area (TPSA) is 77.0 Å². The molecule has 1 aliphatic heterocycles. The number of amides is 1. The van der Waals surface area contributed by atoms with Gasteiger partial charge in [-0.25, -0.2) is 0 Å². The minimum atomic E-state index is -0.0195. The average molecular weight is 285 g/mol. The largest absolute Gasteiger partial charge is 0.334 e. The van der Waals surface area contributed by atoms with Gasteiger partial charge in [0.05, 0.1) is 6.54 Å². The number of carbonyl (C=O) groups excluding carboxylic acids is 1. The van der Waals surface area contributed by atoms with E-state index in [9.17, 15) is 4.79 Å². The van der Waals surface area contributed by atoms with Gasteiger partial charge in [0.1, 0.15) is 5.82 Å². The minimum absolute atomic E-state index is 0.0195. The predicted octanol–water partition coefficient (Wildman–Crippen LogP) is 0.955. The van der Waals surface area contributed by atoms with Gasteiger partial charge in [0.15, 0.2) is 5.82 Å². The molecule has 1 aliphatic rings. The number of carbonyl (C=O) groups is 1. The molecule has 1 aromatic heterocycles. The fraction of sp³-hybridized carbons (Fsp3) is 0.400. The molecule has 0 bridgehead atoms. The zero-order valence-electron chi connectivity index (χ0n) is 12.1. The number of hydrogen-bond donors (Lipinski definition) is 1. The summed E-state index contributed by atoms with van der Waals surface area (Å²) in [4.78, 5) is 14.1. The Hall–Kier alpha value is -2.21. The lowest BCUT2D eigenvalue weighted by Crippen LogP contribution is -2.27. The van der Waals surface area contributed by atoms with Gasteiger partial charge in [0.25, 0.3) is 5.91 Å². The second-order valence-electron chi connectivity index (χ2n) is 5.35. The first kappa shape index (κ1) is 13.8. The number of fused-ring (bicyclic) bond motifs is 1. The Morgan fingerprint density at radius 1 is 1.33 bits per heavy atom. The summed E-state index contributed by atoms with van der Waals surface area (Å²) in [5.41, 5.74) is 7.25. The van der Waals surface area contributed by atoms with Gasteiger partial charge in [0, 0.05) is 32.1 Å². The van der Waals surface area contributed by atoms with Crippen LogP contribution in [0.2, 0.25) is 0 Å². The molecule has 0 aliphatic carbocycles. The molecule has 6 nitrogen and oxygen atoms in total. The lowest BCUT2D eigenvalue weighted by molar-refractivity contribution is 0.0780. The molecular weight excluding hydrogens is 266 g/mol. The van der Waals surface area contributed by atoms with Crippen molar-refractivity contribution >= 4 is 5.91 Å². The van der Waals surface area contributed by atoms with Gasteiger partial charge in [0.2, 0.25) is 0 Å². The van der Waals surface area contributed by atoms with E-state index >= 15 is 0 Å². The molecule has 0 saturated carbocycles. The van der Waals surface area contributed by atoms with E-state index in [1.165, 1.54) is 0 Å². The van der Waals surface area contributed by atoms with Crippen molar-refractivity contribution in [2.45, 2.75) is 32.5 Å². The second-order valence-corrected chi connectivity index (χ2v) is 5.35. The molecule has 21 heavy (non-hydrogen) atoms. The Morgan fingerprint density at radius 2 is 2.10 bits per heavy atom. The summed E-state index contributed by atoms with van der Waals surface area (Å²) in [6.07, 6.45) is 2.08. The van der Waals surface area contributed by atoms with Crippen molar-refractivity contribution in [3.05, 3.63) is 47.0 Å². The van der Waals surface area contributed by atoms with Crippen molar-refractivity contribution in [3.63, 3.8) is 0 Å². The van der Waals surface area contributed by atoms with Crippen LogP contribution in [0.25, 0.3) is 0 Å². The summed E-state index contributed by atoms with van der Waals surface area (Å²) >= 11 is 0. The smallest absolute Gasteiger partial charge is 0.254 e. The number of rotatable bonds is 4. The van der Waals surface area contributed by atoms with Gasteiger partial charge in [-0.2, -0.15) is 0 Å². The number of nitrogens with two attached hydrogens (primary N) is 1. The summed E-state index contributed by atoms with van der Waals surface area (Å²) in [6, 6.07) is 7.40. The molecule has 1 amide bonds. The second kappa shape index (κ2) is 5.65. The van der Waals surface area contributed by atoms with E-state index in [4.69, 9.17) is 5.73 Å². The maximum atomic E-state index is 12.4. The third-order valence-corrected chi connectivity index (χ3v) is 3.85. The lowest BCUT2D eigenvalue weighted by atomic mass is 10.1. The highest BCUT2D eigenvalue weighted by Gasteiger charge is 2.20. The highest BCUT2D eigenvalue weighted by molar-refractivity contribution is 5.94. The van der Waals surface area contributed by atoms with E-state index in [2.05, 4.69) is 14.8 Å². The van der Waals surface area contributed by atoms with Crippen LogP contribution in [0.5, 0.6) is 0 Å². The Kier molecular flexibility index (Phi) is 3.70. The van der Waals surface area contributed by atoms with Crippen LogP contribution in [0, 0.1) is 0 Å². The van der Waals surface area contributed by atoms with Gasteiger partial charge in [-0.15, -0.1) is 10.2 Å².